The van der Waals surface area contributed by atoms with Crippen molar-refractivity contribution in [1.82, 2.24) is 5.32 Å². The Bertz CT molecular complexity index is 366. The van der Waals surface area contributed by atoms with Gasteiger partial charge in [0.1, 0.15) is 0 Å². The topological polar surface area (TPSA) is 41.1 Å². The van der Waals surface area contributed by atoms with Crippen LogP contribution in [0.2, 0.25) is 0 Å². The van der Waals surface area contributed by atoms with Crippen LogP contribution < -0.4 is 10.6 Å². The van der Waals surface area contributed by atoms with Crippen molar-refractivity contribution in [3.63, 3.8) is 0 Å². The van der Waals surface area contributed by atoms with Gasteiger partial charge in [-0.25, -0.2) is 0 Å². The first-order valence-electron chi connectivity index (χ1n) is 5.84. The average molecular weight is 299 g/mol. The third-order valence-electron chi connectivity index (χ3n) is 2.33. The van der Waals surface area contributed by atoms with Crippen molar-refractivity contribution in [3.05, 3.63) is 28.7 Å². The van der Waals surface area contributed by atoms with Crippen molar-refractivity contribution in [2.75, 3.05) is 18.4 Å². The fourth-order valence-electron chi connectivity index (χ4n) is 1.35. The Labute approximate surface area is 111 Å². The summed E-state index contributed by atoms with van der Waals surface area (Å²) in [5, 5.41) is 5.98. The molecule has 2 N–H and O–H groups in total. The molecule has 1 aromatic carbocycles. The van der Waals surface area contributed by atoms with E-state index in [0.717, 1.165) is 23.1 Å². The maximum Gasteiger partial charge on any atom is 0.238 e. The van der Waals surface area contributed by atoms with E-state index in [0.29, 0.717) is 12.5 Å². The molecule has 0 aliphatic heterocycles. The molecule has 94 valence electrons. The lowest BCUT2D eigenvalue weighted by Crippen LogP contribution is -2.29. The van der Waals surface area contributed by atoms with Crippen LogP contribution in [-0.2, 0) is 4.79 Å². The molecule has 0 spiro atoms. The lowest BCUT2D eigenvalue weighted by atomic mass is 10.1. The Balaban J connectivity index is 2.28. The van der Waals surface area contributed by atoms with E-state index in [1.54, 1.807) is 0 Å². The van der Waals surface area contributed by atoms with Crippen molar-refractivity contribution in [3.8, 4) is 0 Å². The van der Waals surface area contributed by atoms with Crippen LogP contribution in [0.25, 0.3) is 0 Å². The molecule has 0 bridgehead atoms. The third-order valence-corrected chi connectivity index (χ3v) is 3.02. The monoisotopic (exact) mass is 298 g/mol. The van der Waals surface area contributed by atoms with Crippen molar-refractivity contribution < 1.29 is 4.79 Å². The second kappa shape index (κ2) is 7.45. The van der Waals surface area contributed by atoms with E-state index in [-0.39, 0.29) is 5.91 Å². The van der Waals surface area contributed by atoms with Gasteiger partial charge in [0.15, 0.2) is 0 Å². The number of rotatable bonds is 6. The molecule has 1 amide bonds. The summed E-state index contributed by atoms with van der Waals surface area (Å²) in [7, 11) is 0. The first-order valence-corrected chi connectivity index (χ1v) is 6.64. The molecule has 0 atom stereocenters. The molecule has 4 heteroatoms. The van der Waals surface area contributed by atoms with Gasteiger partial charge < -0.3 is 10.6 Å². The smallest absolute Gasteiger partial charge is 0.238 e. The molecule has 0 saturated heterocycles. The van der Waals surface area contributed by atoms with Crippen LogP contribution in [0.5, 0.6) is 0 Å². The zero-order valence-corrected chi connectivity index (χ0v) is 11.9. The van der Waals surface area contributed by atoms with Crippen LogP contribution in [-0.4, -0.2) is 19.0 Å². The third kappa shape index (κ3) is 5.84. The summed E-state index contributed by atoms with van der Waals surface area (Å²) in [6.07, 6.45) is 1.09. The van der Waals surface area contributed by atoms with Crippen molar-refractivity contribution in [2.45, 2.75) is 20.3 Å². The summed E-state index contributed by atoms with van der Waals surface area (Å²) in [6, 6.07) is 7.59. The summed E-state index contributed by atoms with van der Waals surface area (Å²) in [4.78, 5) is 11.6. The van der Waals surface area contributed by atoms with Gasteiger partial charge in [-0.1, -0.05) is 26.0 Å². The van der Waals surface area contributed by atoms with Gasteiger partial charge in [0, 0.05) is 4.47 Å². The average Bonchev–Trinajstić information content (AvgIpc) is 2.27. The molecular formula is C13H19BrN2O. The Hall–Kier alpha value is -0.870. The van der Waals surface area contributed by atoms with E-state index in [9.17, 15) is 4.79 Å². The lowest BCUT2D eigenvalue weighted by Gasteiger charge is -2.09. The summed E-state index contributed by atoms with van der Waals surface area (Å²) in [5.41, 5.74) is 0.808. The van der Waals surface area contributed by atoms with Crippen molar-refractivity contribution in [2.24, 2.45) is 5.92 Å². The molecule has 1 rings (SSSR count). The molecule has 0 aliphatic carbocycles. The summed E-state index contributed by atoms with van der Waals surface area (Å²) < 4.78 is 0.899. The number of hydrogen-bond donors (Lipinski definition) is 2. The number of para-hydroxylation sites is 1. The quantitative estimate of drug-likeness (QED) is 0.793. The molecule has 0 unspecified atom stereocenters. The number of anilines is 1. The van der Waals surface area contributed by atoms with Crippen LogP contribution >= 0.6 is 15.9 Å². The zero-order chi connectivity index (χ0) is 12.7. The number of carbonyl (C=O) groups is 1. The highest BCUT2D eigenvalue weighted by molar-refractivity contribution is 9.10. The minimum absolute atomic E-state index is 0.0133. The molecule has 0 aromatic heterocycles. The molecule has 17 heavy (non-hydrogen) atoms. The number of nitrogens with one attached hydrogen (secondary N) is 2. The van der Waals surface area contributed by atoms with Gasteiger partial charge >= 0.3 is 0 Å². The van der Waals surface area contributed by atoms with Crippen LogP contribution in [0.4, 0.5) is 5.69 Å². The largest absolute Gasteiger partial charge is 0.324 e. The lowest BCUT2D eigenvalue weighted by molar-refractivity contribution is -0.115. The zero-order valence-electron chi connectivity index (χ0n) is 10.3. The summed E-state index contributed by atoms with van der Waals surface area (Å²) in [5.74, 6) is 0.648. The Morgan fingerprint density at radius 3 is 2.71 bits per heavy atom. The molecule has 0 fully saturated rings. The Morgan fingerprint density at radius 2 is 2.06 bits per heavy atom. The van der Waals surface area contributed by atoms with Gasteiger partial charge in [0.05, 0.1) is 12.2 Å². The van der Waals surface area contributed by atoms with E-state index in [4.69, 9.17) is 0 Å². The van der Waals surface area contributed by atoms with Gasteiger partial charge in [-0.2, -0.15) is 0 Å². The SMILES string of the molecule is CC(C)CCNCC(=O)Nc1ccccc1Br. The molecular weight excluding hydrogens is 280 g/mol. The predicted octanol–water partition coefficient (Wildman–Crippen LogP) is 3.02. The van der Waals surface area contributed by atoms with Gasteiger partial charge in [-0.15, -0.1) is 0 Å². The standard InChI is InChI=1S/C13H19BrN2O/c1-10(2)7-8-15-9-13(17)16-12-6-4-3-5-11(12)14/h3-6,10,15H,7-9H2,1-2H3,(H,16,17). The maximum atomic E-state index is 11.6. The van der Waals surface area contributed by atoms with Gasteiger partial charge in [0.2, 0.25) is 5.91 Å². The minimum Gasteiger partial charge on any atom is -0.324 e. The first-order chi connectivity index (χ1) is 8.09. The minimum atomic E-state index is -0.0133. The number of hydrogen-bond acceptors (Lipinski definition) is 2. The maximum absolute atomic E-state index is 11.6. The predicted molar refractivity (Wildman–Crippen MR) is 75.1 cm³/mol. The fraction of sp³-hybridized carbons (Fsp3) is 0.462. The highest BCUT2D eigenvalue weighted by Gasteiger charge is 2.04. The number of amides is 1. The summed E-state index contributed by atoms with van der Waals surface area (Å²) in [6.45, 7) is 5.57. The molecule has 0 saturated carbocycles. The van der Waals surface area contributed by atoms with E-state index in [1.807, 2.05) is 24.3 Å². The molecule has 0 aliphatic rings. The van der Waals surface area contributed by atoms with E-state index >= 15 is 0 Å². The van der Waals surface area contributed by atoms with Gasteiger partial charge in [-0.3, -0.25) is 4.79 Å². The molecule has 0 radical (unpaired) electrons. The fourth-order valence-corrected chi connectivity index (χ4v) is 1.73. The normalized spacial score (nSPS) is 10.6. The second-order valence-electron chi connectivity index (χ2n) is 4.39. The van der Waals surface area contributed by atoms with Crippen LogP contribution in [0.15, 0.2) is 28.7 Å². The number of halogens is 1. The Morgan fingerprint density at radius 1 is 1.35 bits per heavy atom. The molecule has 1 aromatic rings. The second-order valence-corrected chi connectivity index (χ2v) is 5.24. The Kier molecular flexibility index (Phi) is 6.22. The van der Waals surface area contributed by atoms with Crippen molar-refractivity contribution >= 4 is 27.5 Å². The first kappa shape index (κ1) is 14.2. The van der Waals surface area contributed by atoms with Crippen molar-refractivity contribution in [1.29, 1.82) is 0 Å². The van der Waals surface area contributed by atoms with Crippen LogP contribution in [0, 0.1) is 5.92 Å². The van der Waals surface area contributed by atoms with E-state index < -0.39 is 0 Å². The summed E-state index contributed by atoms with van der Waals surface area (Å²) >= 11 is 3.39. The number of benzene rings is 1. The van der Waals surface area contributed by atoms with Gasteiger partial charge in [-0.05, 0) is 46.9 Å². The van der Waals surface area contributed by atoms with Gasteiger partial charge in [0.25, 0.3) is 0 Å². The molecule has 0 heterocycles. The van der Waals surface area contributed by atoms with E-state index in [1.165, 1.54) is 0 Å². The highest BCUT2D eigenvalue weighted by atomic mass is 79.9. The molecule has 3 nitrogen and oxygen atoms in total. The number of carbonyl (C=O) groups excluding carboxylic acids is 1. The highest BCUT2D eigenvalue weighted by Crippen LogP contribution is 2.20. The van der Waals surface area contributed by atoms with E-state index in [2.05, 4.69) is 40.4 Å². The van der Waals surface area contributed by atoms with Crippen LogP contribution in [0.1, 0.15) is 20.3 Å². The van der Waals surface area contributed by atoms with Crippen LogP contribution in [0.3, 0.4) is 0 Å².